The standard InChI is InChI=1S/C19H17N3O3/c23-17(15-10-20-16-4-2-1-3-14(15)16)11-25-19(24)12-5-8-18(21-9-12)22-13-6-7-13/h1-5,8-10,13,20H,6-7,11H2,(H,21,22). The first-order valence-corrected chi connectivity index (χ1v) is 8.20. The van der Waals surface area contributed by atoms with Crippen molar-refractivity contribution in [1.29, 1.82) is 0 Å². The average Bonchev–Trinajstić information content (AvgIpc) is 3.35. The van der Waals surface area contributed by atoms with Crippen LogP contribution in [0.5, 0.6) is 0 Å². The van der Waals surface area contributed by atoms with Gasteiger partial charge in [-0.25, -0.2) is 9.78 Å². The van der Waals surface area contributed by atoms with Crippen LogP contribution in [0.4, 0.5) is 5.82 Å². The normalized spacial score (nSPS) is 13.6. The highest BCUT2D eigenvalue weighted by Crippen LogP contribution is 2.23. The van der Waals surface area contributed by atoms with Crippen molar-refractivity contribution in [3.05, 3.63) is 59.9 Å². The van der Waals surface area contributed by atoms with Crippen molar-refractivity contribution >= 4 is 28.5 Å². The summed E-state index contributed by atoms with van der Waals surface area (Å²) in [5, 5.41) is 4.07. The van der Waals surface area contributed by atoms with E-state index in [4.69, 9.17) is 4.74 Å². The Bertz CT molecular complexity index is 926. The number of hydrogen-bond acceptors (Lipinski definition) is 5. The summed E-state index contributed by atoms with van der Waals surface area (Å²) in [5.41, 5.74) is 1.72. The first-order valence-electron chi connectivity index (χ1n) is 8.20. The number of carbonyl (C=O) groups is 2. The molecule has 1 aliphatic rings. The molecule has 0 atom stereocenters. The Hall–Kier alpha value is -3.15. The van der Waals surface area contributed by atoms with Crippen LogP contribution in [0.1, 0.15) is 33.6 Å². The van der Waals surface area contributed by atoms with Crippen molar-refractivity contribution in [2.24, 2.45) is 0 Å². The van der Waals surface area contributed by atoms with E-state index in [9.17, 15) is 9.59 Å². The maximum atomic E-state index is 12.3. The minimum atomic E-state index is -0.557. The van der Waals surface area contributed by atoms with E-state index in [1.807, 2.05) is 24.3 Å². The van der Waals surface area contributed by atoms with Gasteiger partial charge in [-0.3, -0.25) is 4.79 Å². The summed E-state index contributed by atoms with van der Waals surface area (Å²) < 4.78 is 5.13. The van der Waals surface area contributed by atoms with Gasteiger partial charge in [-0.2, -0.15) is 0 Å². The summed E-state index contributed by atoms with van der Waals surface area (Å²) >= 11 is 0. The number of pyridine rings is 1. The lowest BCUT2D eigenvalue weighted by Crippen LogP contribution is -2.14. The number of Topliss-reactive ketones (excluding diaryl/α,β-unsaturated/α-hetero) is 1. The van der Waals surface area contributed by atoms with Gasteiger partial charge in [0, 0.05) is 34.9 Å². The quantitative estimate of drug-likeness (QED) is 0.534. The molecule has 6 heteroatoms. The average molecular weight is 335 g/mol. The minimum absolute atomic E-state index is 0.245. The molecule has 2 N–H and O–H groups in total. The van der Waals surface area contributed by atoms with Gasteiger partial charge in [0.15, 0.2) is 6.61 Å². The molecule has 25 heavy (non-hydrogen) atoms. The molecule has 2 aromatic heterocycles. The molecule has 1 aliphatic carbocycles. The summed E-state index contributed by atoms with van der Waals surface area (Å²) in [5.74, 6) is -0.0571. The number of rotatable bonds is 6. The second-order valence-corrected chi connectivity index (χ2v) is 6.10. The van der Waals surface area contributed by atoms with Crippen molar-refractivity contribution in [1.82, 2.24) is 9.97 Å². The number of anilines is 1. The molecule has 1 fully saturated rings. The van der Waals surface area contributed by atoms with E-state index in [2.05, 4.69) is 15.3 Å². The SMILES string of the molecule is O=C(OCC(=O)c1c[nH]c2ccccc12)c1ccc(NC2CC2)nc1. The first kappa shape index (κ1) is 15.4. The van der Waals surface area contributed by atoms with Crippen molar-refractivity contribution in [3.8, 4) is 0 Å². The maximum absolute atomic E-state index is 12.3. The van der Waals surface area contributed by atoms with Gasteiger partial charge in [0.2, 0.25) is 5.78 Å². The Kier molecular flexibility index (Phi) is 3.93. The minimum Gasteiger partial charge on any atom is -0.454 e. The largest absolute Gasteiger partial charge is 0.454 e. The fourth-order valence-corrected chi connectivity index (χ4v) is 2.63. The molecule has 1 saturated carbocycles. The van der Waals surface area contributed by atoms with Crippen LogP contribution in [0.2, 0.25) is 0 Å². The summed E-state index contributed by atoms with van der Waals surface area (Å²) in [6.45, 7) is -0.303. The molecule has 0 spiro atoms. The topological polar surface area (TPSA) is 84.1 Å². The third kappa shape index (κ3) is 3.38. The molecular weight excluding hydrogens is 318 g/mol. The zero-order valence-corrected chi connectivity index (χ0v) is 13.5. The monoisotopic (exact) mass is 335 g/mol. The number of hydrogen-bond donors (Lipinski definition) is 2. The third-order valence-electron chi connectivity index (χ3n) is 4.15. The number of H-pyrrole nitrogens is 1. The van der Waals surface area contributed by atoms with Crippen LogP contribution in [0.25, 0.3) is 10.9 Å². The number of aromatic amines is 1. The molecule has 4 rings (SSSR count). The van der Waals surface area contributed by atoms with E-state index < -0.39 is 5.97 Å². The van der Waals surface area contributed by atoms with E-state index >= 15 is 0 Å². The van der Waals surface area contributed by atoms with Gasteiger partial charge in [0.1, 0.15) is 5.82 Å². The second-order valence-electron chi connectivity index (χ2n) is 6.10. The van der Waals surface area contributed by atoms with Crippen LogP contribution in [0.15, 0.2) is 48.8 Å². The number of nitrogens with one attached hydrogen (secondary N) is 2. The smallest absolute Gasteiger partial charge is 0.340 e. The molecule has 6 nitrogen and oxygen atoms in total. The van der Waals surface area contributed by atoms with E-state index in [0.29, 0.717) is 17.2 Å². The van der Waals surface area contributed by atoms with E-state index in [1.54, 1.807) is 18.3 Å². The fraction of sp³-hybridized carbons (Fsp3) is 0.211. The molecule has 1 aromatic carbocycles. The highest BCUT2D eigenvalue weighted by Gasteiger charge is 2.21. The lowest BCUT2D eigenvalue weighted by atomic mass is 10.1. The Morgan fingerprint density at radius 2 is 2.04 bits per heavy atom. The summed E-state index contributed by atoms with van der Waals surface area (Å²) in [6.07, 6.45) is 5.41. The number of ether oxygens (including phenoxy) is 1. The number of esters is 1. The maximum Gasteiger partial charge on any atom is 0.340 e. The van der Waals surface area contributed by atoms with Crippen molar-refractivity contribution < 1.29 is 14.3 Å². The molecular formula is C19H17N3O3. The molecule has 2 heterocycles. The van der Waals surface area contributed by atoms with Gasteiger partial charge < -0.3 is 15.0 Å². The fourth-order valence-electron chi connectivity index (χ4n) is 2.63. The first-order chi connectivity index (χ1) is 12.2. The highest BCUT2D eigenvalue weighted by molar-refractivity contribution is 6.09. The van der Waals surface area contributed by atoms with Crippen molar-refractivity contribution in [2.75, 3.05) is 11.9 Å². The van der Waals surface area contributed by atoms with Crippen molar-refractivity contribution in [3.63, 3.8) is 0 Å². The van der Waals surface area contributed by atoms with Crippen molar-refractivity contribution in [2.45, 2.75) is 18.9 Å². The van der Waals surface area contributed by atoms with Gasteiger partial charge in [0.05, 0.1) is 5.56 Å². The molecule has 0 saturated heterocycles. The van der Waals surface area contributed by atoms with Crippen LogP contribution in [0, 0.1) is 0 Å². The van der Waals surface area contributed by atoms with E-state index in [-0.39, 0.29) is 12.4 Å². The zero-order chi connectivity index (χ0) is 17.2. The van der Waals surface area contributed by atoms with Crippen LogP contribution >= 0.6 is 0 Å². The lowest BCUT2D eigenvalue weighted by molar-refractivity contribution is 0.0475. The van der Waals surface area contributed by atoms with Crippen LogP contribution in [-0.4, -0.2) is 34.4 Å². The number of carbonyl (C=O) groups excluding carboxylic acids is 2. The molecule has 3 aromatic rings. The van der Waals surface area contributed by atoms with Crippen LogP contribution in [0.3, 0.4) is 0 Å². The predicted octanol–water partition coefficient (Wildman–Crippen LogP) is 3.18. The second kappa shape index (κ2) is 6.39. The van der Waals surface area contributed by atoms with Gasteiger partial charge in [-0.15, -0.1) is 0 Å². The highest BCUT2D eigenvalue weighted by atomic mass is 16.5. The number of fused-ring (bicyclic) bond motifs is 1. The lowest BCUT2D eigenvalue weighted by Gasteiger charge is -2.06. The van der Waals surface area contributed by atoms with Gasteiger partial charge in [0.25, 0.3) is 0 Å². The number of aromatic nitrogens is 2. The predicted molar refractivity (Wildman–Crippen MR) is 93.8 cm³/mol. The Balaban J connectivity index is 1.38. The molecule has 0 radical (unpaired) electrons. The van der Waals surface area contributed by atoms with Gasteiger partial charge >= 0.3 is 5.97 Å². The Labute approximate surface area is 144 Å². The zero-order valence-electron chi connectivity index (χ0n) is 13.5. The number of nitrogens with zero attached hydrogens (tertiary/aromatic N) is 1. The Morgan fingerprint density at radius 3 is 2.80 bits per heavy atom. The molecule has 126 valence electrons. The molecule has 0 bridgehead atoms. The summed E-state index contributed by atoms with van der Waals surface area (Å²) in [4.78, 5) is 31.6. The summed E-state index contributed by atoms with van der Waals surface area (Å²) in [7, 11) is 0. The van der Waals surface area contributed by atoms with E-state index in [1.165, 1.54) is 6.20 Å². The number of benzene rings is 1. The van der Waals surface area contributed by atoms with E-state index in [0.717, 1.165) is 29.6 Å². The molecule has 0 unspecified atom stereocenters. The molecule has 0 amide bonds. The molecule has 0 aliphatic heterocycles. The number of para-hydroxylation sites is 1. The van der Waals surface area contributed by atoms with Crippen LogP contribution < -0.4 is 5.32 Å². The van der Waals surface area contributed by atoms with Gasteiger partial charge in [-0.05, 0) is 31.0 Å². The third-order valence-corrected chi connectivity index (χ3v) is 4.15. The Morgan fingerprint density at radius 1 is 1.20 bits per heavy atom. The van der Waals surface area contributed by atoms with Crippen LogP contribution in [-0.2, 0) is 4.74 Å². The van der Waals surface area contributed by atoms with Gasteiger partial charge in [-0.1, -0.05) is 18.2 Å². The number of ketones is 1. The summed E-state index contributed by atoms with van der Waals surface area (Å²) in [6, 6.07) is 11.4.